The van der Waals surface area contributed by atoms with Crippen LogP contribution in [-0.2, 0) is 9.53 Å². The van der Waals surface area contributed by atoms with E-state index in [1.165, 1.54) is 0 Å². The van der Waals surface area contributed by atoms with E-state index in [1.54, 1.807) is 6.92 Å². The van der Waals surface area contributed by atoms with Gasteiger partial charge in [0.15, 0.2) is 0 Å². The number of esters is 1. The van der Waals surface area contributed by atoms with E-state index in [4.69, 9.17) is 10.5 Å². The van der Waals surface area contributed by atoms with Crippen LogP contribution in [0.25, 0.3) is 0 Å². The molecule has 0 aromatic rings. The monoisotopic (exact) mass is 200 g/mol. The van der Waals surface area contributed by atoms with E-state index in [1.807, 2.05) is 14.1 Å². The van der Waals surface area contributed by atoms with Crippen molar-refractivity contribution >= 4 is 5.97 Å². The van der Waals surface area contributed by atoms with Gasteiger partial charge in [0.2, 0.25) is 0 Å². The zero-order valence-corrected chi connectivity index (χ0v) is 9.25. The van der Waals surface area contributed by atoms with E-state index in [0.717, 1.165) is 12.8 Å². The fourth-order valence-electron chi connectivity index (χ4n) is 1.95. The molecule has 0 saturated heterocycles. The molecule has 0 heterocycles. The van der Waals surface area contributed by atoms with E-state index in [-0.39, 0.29) is 5.97 Å². The lowest BCUT2D eigenvalue weighted by Gasteiger charge is -2.23. The first-order valence-corrected chi connectivity index (χ1v) is 5.12. The molecular weight excluding hydrogens is 180 g/mol. The zero-order chi connectivity index (χ0) is 10.8. The van der Waals surface area contributed by atoms with Gasteiger partial charge in [-0.05, 0) is 40.3 Å². The van der Waals surface area contributed by atoms with Crippen LogP contribution >= 0.6 is 0 Å². The Bertz CT molecular complexity index is 218. The molecule has 1 aliphatic rings. The van der Waals surface area contributed by atoms with E-state index >= 15 is 0 Å². The van der Waals surface area contributed by atoms with Crippen molar-refractivity contribution in [1.29, 1.82) is 0 Å². The summed E-state index contributed by atoms with van der Waals surface area (Å²) in [6.45, 7) is 2.21. The summed E-state index contributed by atoms with van der Waals surface area (Å²) >= 11 is 0. The van der Waals surface area contributed by atoms with Crippen molar-refractivity contribution in [2.45, 2.75) is 37.8 Å². The summed E-state index contributed by atoms with van der Waals surface area (Å²) in [5, 5.41) is 0. The summed E-state index contributed by atoms with van der Waals surface area (Å²) in [7, 11) is 4.03. The van der Waals surface area contributed by atoms with Gasteiger partial charge in [0.05, 0.1) is 6.61 Å². The quantitative estimate of drug-likeness (QED) is 0.668. The van der Waals surface area contributed by atoms with Crippen molar-refractivity contribution in [2.75, 3.05) is 20.7 Å². The standard InChI is InChI=1S/C10H20N2O2/c1-4-14-9(13)10(11)6-5-8(7-10)12(2)3/h8H,4-7,11H2,1-3H3. The Balaban J connectivity index is 2.57. The smallest absolute Gasteiger partial charge is 0.326 e. The van der Waals surface area contributed by atoms with Crippen LogP contribution in [0.3, 0.4) is 0 Å². The summed E-state index contributed by atoms with van der Waals surface area (Å²) < 4.78 is 4.97. The van der Waals surface area contributed by atoms with Crippen molar-refractivity contribution in [3.8, 4) is 0 Å². The van der Waals surface area contributed by atoms with E-state index < -0.39 is 5.54 Å². The molecule has 0 amide bonds. The number of nitrogens with two attached hydrogens (primary N) is 1. The number of hydrogen-bond acceptors (Lipinski definition) is 4. The fraction of sp³-hybridized carbons (Fsp3) is 0.900. The summed E-state index contributed by atoms with van der Waals surface area (Å²) in [4.78, 5) is 13.7. The highest BCUT2D eigenvalue weighted by atomic mass is 16.5. The molecule has 4 nitrogen and oxygen atoms in total. The highest BCUT2D eigenvalue weighted by Gasteiger charge is 2.43. The van der Waals surface area contributed by atoms with Gasteiger partial charge in [0, 0.05) is 6.04 Å². The van der Waals surface area contributed by atoms with Crippen LogP contribution in [0.2, 0.25) is 0 Å². The highest BCUT2D eigenvalue weighted by molar-refractivity contribution is 5.81. The number of carbonyl (C=O) groups excluding carboxylic acids is 1. The Morgan fingerprint density at radius 1 is 1.64 bits per heavy atom. The molecular formula is C10H20N2O2. The molecule has 0 aromatic carbocycles. The molecule has 4 heteroatoms. The molecule has 2 N–H and O–H groups in total. The largest absolute Gasteiger partial charge is 0.465 e. The second-order valence-corrected chi connectivity index (χ2v) is 4.24. The van der Waals surface area contributed by atoms with Gasteiger partial charge in [-0.25, -0.2) is 0 Å². The van der Waals surface area contributed by atoms with Crippen molar-refractivity contribution in [3.05, 3.63) is 0 Å². The number of ether oxygens (including phenoxy) is 1. The van der Waals surface area contributed by atoms with E-state index in [0.29, 0.717) is 19.1 Å². The minimum atomic E-state index is -0.745. The first-order chi connectivity index (χ1) is 6.49. The topological polar surface area (TPSA) is 55.6 Å². The van der Waals surface area contributed by atoms with Gasteiger partial charge >= 0.3 is 5.97 Å². The number of hydrogen-bond donors (Lipinski definition) is 1. The third-order valence-electron chi connectivity index (χ3n) is 2.94. The van der Waals surface area contributed by atoms with Gasteiger partial charge in [-0.1, -0.05) is 0 Å². The predicted octanol–water partition coefficient (Wildman–Crippen LogP) is 0.361. The minimum Gasteiger partial charge on any atom is -0.465 e. The van der Waals surface area contributed by atoms with Crippen LogP contribution in [0.5, 0.6) is 0 Å². The second-order valence-electron chi connectivity index (χ2n) is 4.24. The summed E-state index contributed by atoms with van der Waals surface area (Å²) in [6, 6.07) is 0.407. The molecule has 2 unspecified atom stereocenters. The molecule has 0 radical (unpaired) electrons. The molecule has 0 bridgehead atoms. The van der Waals surface area contributed by atoms with Crippen LogP contribution in [0.15, 0.2) is 0 Å². The van der Waals surface area contributed by atoms with Crippen molar-refractivity contribution in [3.63, 3.8) is 0 Å². The van der Waals surface area contributed by atoms with Crippen LogP contribution < -0.4 is 5.73 Å². The predicted molar refractivity (Wildman–Crippen MR) is 54.9 cm³/mol. The fourth-order valence-corrected chi connectivity index (χ4v) is 1.95. The SMILES string of the molecule is CCOC(=O)C1(N)CCC(N(C)C)C1. The van der Waals surface area contributed by atoms with Gasteiger partial charge < -0.3 is 15.4 Å². The minimum absolute atomic E-state index is 0.246. The molecule has 14 heavy (non-hydrogen) atoms. The van der Waals surface area contributed by atoms with Gasteiger partial charge in [-0.2, -0.15) is 0 Å². The Kier molecular flexibility index (Phi) is 3.50. The summed E-state index contributed by atoms with van der Waals surface area (Å²) in [5.74, 6) is -0.246. The third kappa shape index (κ3) is 2.25. The van der Waals surface area contributed by atoms with Gasteiger partial charge in [0.1, 0.15) is 5.54 Å². The van der Waals surface area contributed by atoms with Crippen LogP contribution in [-0.4, -0.2) is 43.2 Å². The second kappa shape index (κ2) is 4.28. The van der Waals surface area contributed by atoms with Gasteiger partial charge in [-0.3, -0.25) is 4.79 Å². The number of carbonyl (C=O) groups is 1. The van der Waals surface area contributed by atoms with Crippen LogP contribution in [0.1, 0.15) is 26.2 Å². The van der Waals surface area contributed by atoms with Crippen molar-refractivity contribution in [2.24, 2.45) is 5.73 Å². The molecule has 1 fully saturated rings. The molecule has 1 aliphatic carbocycles. The zero-order valence-electron chi connectivity index (χ0n) is 9.25. The maximum Gasteiger partial charge on any atom is 0.326 e. The normalized spacial score (nSPS) is 32.2. The first-order valence-electron chi connectivity index (χ1n) is 5.12. The van der Waals surface area contributed by atoms with E-state index in [9.17, 15) is 4.79 Å². The molecule has 82 valence electrons. The average Bonchev–Trinajstić information content (AvgIpc) is 2.50. The Morgan fingerprint density at radius 3 is 2.71 bits per heavy atom. The molecule has 0 aliphatic heterocycles. The maximum atomic E-state index is 11.6. The Morgan fingerprint density at radius 2 is 2.29 bits per heavy atom. The van der Waals surface area contributed by atoms with Crippen LogP contribution in [0, 0.1) is 0 Å². The molecule has 1 rings (SSSR count). The molecule has 1 saturated carbocycles. The molecule has 0 aromatic heterocycles. The summed E-state index contributed by atoms with van der Waals surface area (Å²) in [6.07, 6.45) is 2.41. The Hall–Kier alpha value is -0.610. The third-order valence-corrected chi connectivity index (χ3v) is 2.94. The lowest BCUT2D eigenvalue weighted by molar-refractivity contribution is -0.149. The lowest BCUT2D eigenvalue weighted by Crippen LogP contribution is -2.48. The molecule has 0 spiro atoms. The maximum absolute atomic E-state index is 11.6. The number of nitrogens with zero attached hydrogens (tertiary/aromatic N) is 1. The van der Waals surface area contributed by atoms with Gasteiger partial charge in [-0.15, -0.1) is 0 Å². The van der Waals surface area contributed by atoms with Crippen molar-refractivity contribution in [1.82, 2.24) is 4.90 Å². The van der Waals surface area contributed by atoms with E-state index in [2.05, 4.69) is 4.90 Å². The van der Waals surface area contributed by atoms with Crippen molar-refractivity contribution < 1.29 is 9.53 Å². The number of rotatable bonds is 3. The summed E-state index contributed by atoms with van der Waals surface area (Å²) in [5.41, 5.74) is 5.27. The lowest BCUT2D eigenvalue weighted by atomic mass is 9.99. The highest BCUT2D eigenvalue weighted by Crippen LogP contribution is 2.31. The van der Waals surface area contributed by atoms with Gasteiger partial charge in [0.25, 0.3) is 0 Å². The first kappa shape index (κ1) is 11.5. The Labute approximate surface area is 85.4 Å². The average molecular weight is 200 g/mol. The van der Waals surface area contributed by atoms with Crippen LogP contribution in [0.4, 0.5) is 0 Å². The molecule has 2 atom stereocenters.